The maximum absolute atomic E-state index is 9.75. The highest BCUT2D eigenvalue weighted by Crippen LogP contribution is 1.77. The van der Waals surface area contributed by atoms with Crippen molar-refractivity contribution in [3.63, 3.8) is 0 Å². The quantitative estimate of drug-likeness (QED) is 0.466. The Hall–Kier alpha value is -0.610. The molecule has 1 radical (unpaired) electrons. The van der Waals surface area contributed by atoms with Gasteiger partial charge < -0.3 is 10.2 Å². The summed E-state index contributed by atoms with van der Waals surface area (Å²) >= 11 is 0. The summed E-state index contributed by atoms with van der Waals surface area (Å²) in [5.41, 5.74) is 0. The fourth-order valence-electron chi connectivity index (χ4n) is 0.0781. The van der Waals surface area contributed by atoms with Gasteiger partial charge in [-0.25, -0.2) is 9.90 Å². The van der Waals surface area contributed by atoms with Gasteiger partial charge in [0.2, 0.25) is 6.10 Å². The third kappa shape index (κ3) is 2.13. The molecule has 0 bridgehead atoms. The molecule has 0 saturated heterocycles. The molecule has 0 aromatic rings. The van der Waals surface area contributed by atoms with Crippen molar-refractivity contribution in [2.24, 2.45) is 0 Å². The molecule has 0 aromatic carbocycles. The van der Waals surface area contributed by atoms with Crippen LogP contribution in [-0.4, -0.2) is 28.9 Å². The molecule has 41 valence electrons. The predicted molar refractivity (Wildman–Crippen MR) is 19.2 cm³/mol. The van der Waals surface area contributed by atoms with Gasteiger partial charge in [0, 0.05) is 0 Å². The molecule has 0 fully saturated rings. The Balaban J connectivity index is 3.34. The molecule has 7 heavy (non-hydrogen) atoms. The van der Waals surface area contributed by atoms with Crippen molar-refractivity contribution in [1.29, 1.82) is 0 Å². The van der Waals surface area contributed by atoms with E-state index in [1.807, 2.05) is 0 Å². The SMILES string of the molecule is [O]C(CO)C(=O)O. The van der Waals surface area contributed by atoms with E-state index in [1.165, 1.54) is 0 Å². The van der Waals surface area contributed by atoms with Gasteiger partial charge in [-0.2, -0.15) is 0 Å². The zero-order valence-corrected chi connectivity index (χ0v) is 3.50. The van der Waals surface area contributed by atoms with Crippen LogP contribution in [0.1, 0.15) is 0 Å². The molecular formula is C3H5O4. The van der Waals surface area contributed by atoms with Crippen molar-refractivity contribution < 1.29 is 20.1 Å². The Morgan fingerprint density at radius 1 is 1.71 bits per heavy atom. The van der Waals surface area contributed by atoms with Gasteiger partial charge in [-0.3, -0.25) is 0 Å². The number of aliphatic carboxylic acids is 1. The third-order valence-corrected chi connectivity index (χ3v) is 0.441. The van der Waals surface area contributed by atoms with Gasteiger partial charge in [0.25, 0.3) is 0 Å². The normalized spacial score (nSPS) is 13.4. The van der Waals surface area contributed by atoms with Crippen LogP contribution in [0, 0.1) is 0 Å². The molecule has 1 unspecified atom stereocenters. The van der Waals surface area contributed by atoms with Crippen molar-refractivity contribution in [1.82, 2.24) is 0 Å². The van der Waals surface area contributed by atoms with Crippen LogP contribution >= 0.6 is 0 Å². The average Bonchev–Trinajstić information content (AvgIpc) is 1.65. The van der Waals surface area contributed by atoms with Crippen LogP contribution in [0.3, 0.4) is 0 Å². The van der Waals surface area contributed by atoms with Crippen LogP contribution in [0.5, 0.6) is 0 Å². The second kappa shape index (κ2) is 2.54. The highest BCUT2D eigenvalue weighted by Gasteiger charge is 2.11. The Morgan fingerprint density at radius 3 is 2.14 bits per heavy atom. The lowest BCUT2D eigenvalue weighted by Gasteiger charge is -1.91. The first-order valence-electron chi connectivity index (χ1n) is 1.68. The fourth-order valence-corrected chi connectivity index (χ4v) is 0.0781. The minimum Gasteiger partial charge on any atom is -0.479 e. The minimum atomic E-state index is -1.88. The van der Waals surface area contributed by atoms with E-state index >= 15 is 0 Å². The van der Waals surface area contributed by atoms with E-state index in [9.17, 15) is 9.90 Å². The summed E-state index contributed by atoms with van der Waals surface area (Å²) in [6.07, 6.45) is -1.88. The summed E-state index contributed by atoms with van der Waals surface area (Å²) in [6.45, 7) is -0.838. The highest BCUT2D eigenvalue weighted by atomic mass is 16.4. The summed E-state index contributed by atoms with van der Waals surface area (Å²) in [4.78, 5) is 9.46. The molecule has 4 nitrogen and oxygen atoms in total. The second-order valence-corrected chi connectivity index (χ2v) is 1.01. The Labute approximate surface area is 40.0 Å². The fraction of sp³-hybridized carbons (Fsp3) is 0.667. The number of carboxylic acid groups (broad SMARTS) is 1. The average molecular weight is 105 g/mol. The van der Waals surface area contributed by atoms with E-state index in [0.29, 0.717) is 0 Å². The first-order valence-corrected chi connectivity index (χ1v) is 1.68. The van der Waals surface area contributed by atoms with Crippen molar-refractivity contribution in [2.45, 2.75) is 6.10 Å². The summed E-state index contributed by atoms with van der Waals surface area (Å²) < 4.78 is 0. The molecule has 0 rings (SSSR count). The predicted octanol–water partition coefficient (Wildman–Crippen LogP) is -1.14. The topological polar surface area (TPSA) is 77.4 Å². The maximum Gasteiger partial charge on any atom is 0.338 e. The van der Waals surface area contributed by atoms with E-state index in [4.69, 9.17) is 10.2 Å². The standard InChI is InChI=1S/C3H5O4/c4-1-2(5)3(6)7/h2,4H,1H2,(H,6,7). The third-order valence-electron chi connectivity index (χ3n) is 0.441. The van der Waals surface area contributed by atoms with Crippen molar-refractivity contribution >= 4 is 5.97 Å². The van der Waals surface area contributed by atoms with Gasteiger partial charge in [-0.05, 0) is 0 Å². The van der Waals surface area contributed by atoms with E-state index in [0.717, 1.165) is 0 Å². The summed E-state index contributed by atoms with van der Waals surface area (Å²) in [7, 11) is 0. The van der Waals surface area contributed by atoms with Crippen LogP contribution < -0.4 is 0 Å². The number of rotatable bonds is 2. The summed E-state index contributed by atoms with van der Waals surface area (Å²) in [5, 5.41) is 25.3. The van der Waals surface area contributed by atoms with Crippen LogP contribution in [0.15, 0.2) is 0 Å². The number of carbonyl (C=O) groups is 1. The first-order chi connectivity index (χ1) is 3.18. The van der Waals surface area contributed by atoms with Gasteiger partial charge >= 0.3 is 5.97 Å². The molecule has 4 heteroatoms. The zero-order valence-electron chi connectivity index (χ0n) is 3.50. The van der Waals surface area contributed by atoms with Gasteiger partial charge in [0.05, 0.1) is 6.61 Å². The van der Waals surface area contributed by atoms with Crippen LogP contribution in [0.4, 0.5) is 0 Å². The lowest BCUT2D eigenvalue weighted by Crippen LogP contribution is -2.21. The van der Waals surface area contributed by atoms with E-state index in [-0.39, 0.29) is 0 Å². The maximum atomic E-state index is 9.75. The molecular weight excluding hydrogens is 100 g/mol. The van der Waals surface area contributed by atoms with Crippen molar-refractivity contribution in [3.05, 3.63) is 0 Å². The van der Waals surface area contributed by atoms with Crippen LogP contribution in [-0.2, 0) is 9.90 Å². The van der Waals surface area contributed by atoms with E-state index in [1.54, 1.807) is 0 Å². The summed E-state index contributed by atoms with van der Waals surface area (Å²) in [5.74, 6) is -1.51. The molecule has 0 spiro atoms. The molecule has 0 aliphatic carbocycles. The smallest absolute Gasteiger partial charge is 0.338 e. The molecule has 0 saturated carbocycles. The first kappa shape index (κ1) is 6.39. The lowest BCUT2D eigenvalue weighted by atomic mass is 10.4. The monoisotopic (exact) mass is 105 g/mol. The Kier molecular flexibility index (Phi) is 2.32. The number of aliphatic hydroxyl groups is 1. The molecule has 0 aliphatic rings. The van der Waals surface area contributed by atoms with Crippen LogP contribution in [0.25, 0.3) is 0 Å². The Morgan fingerprint density at radius 2 is 2.14 bits per heavy atom. The van der Waals surface area contributed by atoms with E-state index in [2.05, 4.69) is 0 Å². The molecule has 0 amide bonds. The summed E-state index contributed by atoms with van der Waals surface area (Å²) in [6, 6.07) is 0. The molecule has 0 aromatic heterocycles. The number of carboxylic acids is 1. The van der Waals surface area contributed by atoms with Gasteiger partial charge in [0.15, 0.2) is 0 Å². The Bertz CT molecular complexity index is 69.3. The largest absolute Gasteiger partial charge is 0.479 e. The minimum absolute atomic E-state index is 0.838. The van der Waals surface area contributed by atoms with Gasteiger partial charge in [-0.15, -0.1) is 0 Å². The highest BCUT2D eigenvalue weighted by molar-refractivity contribution is 5.71. The van der Waals surface area contributed by atoms with Crippen molar-refractivity contribution in [3.8, 4) is 0 Å². The number of hydrogen-bond donors (Lipinski definition) is 2. The van der Waals surface area contributed by atoms with E-state index < -0.39 is 18.7 Å². The van der Waals surface area contributed by atoms with Crippen LogP contribution in [0.2, 0.25) is 0 Å². The molecule has 1 atom stereocenters. The van der Waals surface area contributed by atoms with Crippen molar-refractivity contribution in [2.75, 3.05) is 6.61 Å². The van der Waals surface area contributed by atoms with Gasteiger partial charge in [-0.1, -0.05) is 0 Å². The number of aliphatic hydroxyl groups excluding tert-OH is 1. The molecule has 0 heterocycles. The number of hydrogen-bond acceptors (Lipinski definition) is 2. The second-order valence-electron chi connectivity index (χ2n) is 1.01. The zero-order chi connectivity index (χ0) is 5.86. The molecule has 0 aliphatic heterocycles. The molecule has 2 N–H and O–H groups in total. The van der Waals surface area contributed by atoms with Gasteiger partial charge in [0.1, 0.15) is 0 Å². The lowest BCUT2D eigenvalue weighted by molar-refractivity contribution is -0.152.